The first-order valence-electron chi connectivity index (χ1n) is 8.81. The number of piperidine rings is 1. The Morgan fingerprint density at radius 1 is 1.04 bits per heavy atom. The Labute approximate surface area is 143 Å². The molecular formula is C19H26N2O3. The molecule has 3 rings (SSSR count). The molecule has 2 amide bonds. The Balaban J connectivity index is 1.79. The number of amides is 2. The van der Waals surface area contributed by atoms with Gasteiger partial charge in [-0.2, -0.15) is 0 Å². The molecule has 1 aromatic carbocycles. The molecule has 2 aliphatic rings. The number of benzene rings is 1. The predicted molar refractivity (Wildman–Crippen MR) is 91.6 cm³/mol. The van der Waals surface area contributed by atoms with Crippen LogP contribution in [0.25, 0.3) is 0 Å². The second kappa shape index (κ2) is 7.79. The molecule has 5 heteroatoms. The van der Waals surface area contributed by atoms with E-state index in [1.54, 1.807) is 4.90 Å². The smallest absolute Gasteiger partial charge is 0.248 e. The van der Waals surface area contributed by atoms with Gasteiger partial charge in [-0.05, 0) is 24.8 Å². The summed E-state index contributed by atoms with van der Waals surface area (Å²) in [5.74, 6) is 0.0939. The molecule has 0 radical (unpaired) electrons. The summed E-state index contributed by atoms with van der Waals surface area (Å²) in [4.78, 5) is 29.1. The van der Waals surface area contributed by atoms with Gasteiger partial charge in [-0.1, -0.05) is 30.3 Å². The van der Waals surface area contributed by atoms with E-state index in [1.807, 2.05) is 23.1 Å². The molecule has 1 aromatic rings. The Morgan fingerprint density at radius 2 is 1.75 bits per heavy atom. The molecule has 2 heterocycles. The molecule has 2 saturated heterocycles. The Morgan fingerprint density at radius 3 is 2.42 bits per heavy atom. The number of carbonyl (C=O) groups is 2. The van der Waals surface area contributed by atoms with E-state index in [2.05, 4.69) is 12.1 Å². The van der Waals surface area contributed by atoms with Gasteiger partial charge in [0.05, 0.1) is 5.92 Å². The van der Waals surface area contributed by atoms with Crippen LogP contribution in [-0.2, 0) is 14.3 Å². The minimum Gasteiger partial charge on any atom is -0.375 e. The van der Waals surface area contributed by atoms with Crippen LogP contribution < -0.4 is 0 Å². The number of methoxy groups -OCH3 is 1. The highest BCUT2D eigenvalue weighted by Gasteiger charge is 2.41. The minimum atomic E-state index is -0.147. The maximum Gasteiger partial charge on any atom is 0.248 e. The molecule has 0 N–H and O–H groups in total. The third-order valence-corrected chi connectivity index (χ3v) is 5.15. The molecule has 0 saturated carbocycles. The first-order valence-corrected chi connectivity index (χ1v) is 8.81. The van der Waals surface area contributed by atoms with Gasteiger partial charge in [-0.3, -0.25) is 9.59 Å². The maximum absolute atomic E-state index is 13.1. The average molecular weight is 330 g/mol. The van der Waals surface area contributed by atoms with E-state index in [9.17, 15) is 9.59 Å². The summed E-state index contributed by atoms with van der Waals surface area (Å²) in [6.07, 6.45) is 3.37. The number of hydrogen-bond acceptors (Lipinski definition) is 3. The molecular weight excluding hydrogens is 304 g/mol. The lowest BCUT2D eigenvalue weighted by atomic mass is 9.87. The monoisotopic (exact) mass is 330 g/mol. The number of nitrogens with zero attached hydrogens (tertiary/aromatic N) is 2. The third-order valence-electron chi connectivity index (χ3n) is 5.15. The summed E-state index contributed by atoms with van der Waals surface area (Å²) >= 11 is 0. The van der Waals surface area contributed by atoms with Crippen LogP contribution in [0.5, 0.6) is 0 Å². The largest absolute Gasteiger partial charge is 0.375 e. The van der Waals surface area contributed by atoms with Crippen molar-refractivity contribution in [1.29, 1.82) is 0 Å². The Kier molecular flexibility index (Phi) is 5.51. The number of likely N-dealkylation sites (tertiary alicyclic amines) is 2. The van der Waals surface area contributed by atoms with Gasteiger partial charge in [-0.15, -0.1) is 0 Å². The molecule has 130 valence electrons. The van der Waals surface area contributed by atoms with E-state index in [-0.39, 0.29) is 30.3 Å². The summed E-state index contributed by atoms with van der Waals surface area (Å²) in [6, 6.07) is 10.1. The number of ether oxygens (including phenoxy) is 1. The van der Waals surface area contributed by atoms with Crippen molar-refractivity contribution < 1.29 is 14.3 Å². The highest BCUT2D eigenvalue weighted by Crippen LogP contribution is 2.34. The summed E-state index contributed by atoms with van der Waals surface area (Å²) in [5, 5.41) is 0. The van der Waals surface area contributed by atoms with Gasteiger partial charge in [0.25, 0.3) is 0 Å². The topological polar surface area (TPSA) is 49.9 Å². The molecule has 0 spiro atoms. The zero-order valence-electron chi connectivity index (χ0n) is 14.3. The van der Waals surface area contributed by atoms with Gasteiger partial charge in [-0.25, -0.2) is 0 Å². The summed E-state index contributed by atoms with van der Waals surface area (Å²) in [6.45, 7) is 2.87. The molecule has 2 fully saturated rings. The lowest BCUT2D eigenvalue weighted by molar-refractivity contribution is -0.137. The van der Waals surface area contributed by atoms with Crippen LogP contribution in [0.3, 0.4) is 0 Å². The van der Waals surface area contributed by atoms with E-state index < -0.39 is 0 Å². The van der Waals surface area contributed by atoms with E-state index in [4.69, 9.17) is 4.74 Å². The van der Waals surface area contributed by atoms with Crippen molar-refractivity contribution in [1.82, 2.24) is 9.80 Å². The van der Waals surface area contributed by atoms with Gasteiger partial charge in [0, 0.05) is 39.2 Å². The van der Waals surface area contributed by atoms with Crippen molar-refractivity contribution in [2.45, 2.75) is 25.2 Å². The van der Waals surface area contributed by atoms with E-state index >= 15 is 0 Å². The number of rotatable bonds is 4. The number of carbonyl (C=O) groups excluding carboxylic acids is 2. The molecule has 2 unspecified atom stereocenters. The van der Waals surface area contributed by atoms with Crippen molar-refractivity contribution in [2.75, 3.05) is 39.9 Å². The molecule has 2 aliphatic heterocycles. The van der Waals surface area contributed by atoms with Gasteiger partial charge >= 0.3 is 0 Å². The zero-order chi connectivity index (χ0) is 16.9. The summed E-state index contributed by atoms with van der Waals surface area (Å²) < 4.78 is 4.98. The van der Waals surface area contributed by atoms with Crippen LogP contribution in [0.1, 0.15) is 30.7 Å². The van der Waals surface area contributed by atoms with Crippen LogP contribution >= 0.6 is 0 Å². The van der Waals surface area contributed by atoms with E-state index in [1.165, 1.54) is 13.5 Å². The van der Waals surface area contributed by atoms with Crippen molar-refractivity contribution in [3.8, 4) is 0 Å². The van der Waals surface area contributed by atoms with E-state index in [0.29, 0.717) is 13.1 Å². The van der Waals surface area contributed by atoms with Crippen molar-refractivity contribution >= 4 is 11.8 Å². The molecule has 0 aromatic heterocycles. The molecule has 0 aliphatic carbocycles. The lowest BCUT2D eigenvalue weighted by Crippen LogP contribution is -2.42. The minimum absolute atomic E-state index is 0.0348. The highest BCUT2D eigenvalue weighted by molar-refractivity contribution is 5.84. The molecule has 0 bridgehead atoms. The fourth-order valence-corrected chi connectivity index (χ4v) is 3.86. The van der Waals surface area contributed by atoms with Gasteiger partial charge in [0.15, 0.2) is 0 Å². The third kappa shape index (κ3) is 3.61. The molecule has 24 heavy (non-hydrogen) atoms. The van der Waals surface area contributed by atoms with Crippen molar-refractivity contribution in [2.24, 2.45) is 5.92 Å². The lowest BCUT2D eigenvalue weighted by Gasteiger charge is -2.30. The van der Waals surface area contributed by atoms with Crippen LogP contribution in [0.15, 0.2) is 30.3 Å². The van der Waals surface area contributed by atoms with Crippen LogP contribution in [0.2, 0.25) is 0 Å². The van der Waals surface area contributed by atoms with Gasteiger partial charge in [0.1, 0.15) is 6.61 Å². The molecule has 2 atom stereocenters. The van der Waals surface area contributed by atoms with Gasteiger partial charge in [0.2, 0.25) is 11.8 Å². The fourth-order valence-electron chi connectivity index (χ4n) is 3.86. The SMILES string of the molecule is COCC(=O)N1CC(C(=O)N2CCCCC2)C(c2ccccc2)C1. The van der Waals surface area contributed by atoms with Crippen molar-refractivity contribution in [3.05, 3.63) is 35.9 Å². The highest BCUT2D eigenvalue weighted by atomic mass is 16.5. The number of hydrogen-bond donors (Lipinski definition) is 0. The summed E-state index contributed by atoms with van der Waals surface area (Å²) in [5.41, 5.74) is 1.14. The van der Waals surface area contributed by atoms with Crippen molar-refractivity contribution in [3.63, 3.8) is 0 Å². The summed E-state index contributed by atoms with van der Waals surface area (Å²) in [7, 11) is 1.53. The Bertz CT molecular complexity index is 569. The first kappa shape index (κ1) is 17.0. The van der Waals surface area contributed by atoms with E-state index in [0.717, 1.165) is 31.5 Å². The predicted octanol–water partition coefficient (Wildman–Crippen LogP) is 1.89. The first-order chi connectivity index (χ1) is 11.7. The quantitative estimate of drug-likeness (QED) is 0.847. The van der Waals surface area contributed by atoms with Crippen LogP contribution in [0, 0.1) is 5.92 Å². The second-order valence-corrected chi connectivity index (χ2v) is 6.74. The second-order valence-electron chi connectivity index (χ2n) is 6.74. The normalized spacial score (nSPS) is 24.2. The standard InChI is InChI=1S/C19H26N2O3/c1-24-14-18(22)21-12-16(15-8-4-2-5-9-15)17(13-21)19(23)20-10-6-3-7-11-20/h2,4-5,8-9,16-17H,3,6-7,10-14H2,1H3. The average Bonchev–Trinajstić information content (AvgIpc) is 3.08. The van der Waals surface area contributed by atoms with Crippen LogP contribution in [0.4, 0.5) is 0 Å². The zero-order valence-corrected chi connectivity index (χ0v) is 14.3. The van der Waals surface area contributed by atoms with Gasteiger partial charge < -0.3 is 14.5 Å². The van der Waals surface area contributed by atoms with Crippen LogP contribution in [-0.4, -0.2) is 61.5 Å². The molecule has 5 nitrogen and oxygen atoms in total. The fraction of sp³-hybridized carbons (Fsp3) is 0.579. The Hall–Kier alpha value is -1.88. The maximum atomic E-state index is 13.1.